The van der Waals surface area contributed by atoms with Gasteiger partial charge in [0.2, 0.25) is 0 Å². The second-order valence-corrected chi connectivity index (χ2v) is 7.82. The number of nitrogens with one attached hydrogen (secondary N) is 1. The van der Waals surface area contributed by atoms with Crippen molar-refractivity contribution in [3.05, 3.63) is 83.5 Å². The molecule has 1 saturated carbocycles. The molecule has 1 aromatic carbocycles. The number of rotatable bonds is 8. The lowest BCUT2D eigenvalue weighted by atomic mass is 9.93. The topological polar surface area (TPSA) is 58.6 Å². The van der Waals surface area contributed by atoms with Gasteiger partial charge in [0.25, 0.3) is 5.91 Å². The molecule has 0 saturated heterocycles. The van der Waals surface area contributed by atoms with Crippen LogP contribution < -0.4 is 5.32 Å². The molecule has 1 aliphatic carbocycles. The summed E-state index contributed by atoms with van der Waals surface area (Å²) in [7, 11) is 0. The van der Waals surface area contributed by atoms with Gasteiger partial charge in [-0.1, -0.05) is 37.5 Å². The largest absolute Gasteiger partial charge is 0.467 e. The van der Waals surface area contributed by atoms with Crippen molar-refractivity contribution in [3.63, 3.8) is 0 Å². The quantitative estimate of drug-likeness (QED) is 0.549. The van der Waals surface area contributed by atoms with E-state index >= 15 is 0 Å². The lowest BCUT2D eigenvalue weighted by Crippen LogP contribution is -2.36. The molecule has 3 aromatic rings. The Labute approximate surface area is 175 Å². The maximum absolute atomic E-state index is 14.3. The van der Waals surface area contributed by atoms with E-state index in [4.69, 9.17) is 8.83 Å². The minimum absolute atomic E-state index is 0.184. The molecule has 158 valence electrons. The molecule has 0 unspecified atom stereocenters. The van der Waals surface area contributed by atoms with Crippen molar-refractivity contribution in [2.24, 2.45) is 0 Å². The van der Waals surface area contributed by atoms with E-state index < -0.39 is 0 Å². The summed E-state index contributed by atoms with van der Waals surface area (Å²) >= 11 is 0. The highest BCUT2D eigenvalue weighted by Gasteiger charge is 2.24. The third-order valence-corrected chi connectivity index (χ3v) is 5.67. The van der Waals surface area contributed by atoms with Gasteiger partial charge in [0.15, 0.2) is 5.76 Å². The Morgan fingerprint density at radius 3 is 2.60 bits per heavy atom. The SMILES string of the molecule is O=C(NCc1ccco1)c1ccc(CN(Cc2ccccc2F)C2CCCCC2)o1. The van der Waals surface area contributed by atoms with E-state index in [1.165, 1.54) is 25.3 Å². The van der Waals surface area contributed by atoms with Gasteiger partial charge >= 0.3 is 0 Å². The molecule has 2 heterocycles. The average Bonchev–Trinajstić information content (AvgIpc) is 3.46. The van der Waals surface area contributed by atoms with Crippen LogP contribution in [-0.4, -0.2) is 16.8 Å². The predicted octanol–water partition coefficient (Wildman–Crippen LogP) is 5.28. The molecule has 5 nitrogen and oxygen atoms in total. The monoisotopic (exact) mass is 410 g/mol. The first-order chi connectivity index (χ1) is 14.7. The number of nitrogens with zero attached hydrogens (tertiary/aromatic N) is 1. The molecule has 2 aromatic heterocycles. The number of hydrogen-bond donors (Lipinski definition) is 1. The first kappa shape index (κ1) is 20.4. The summed E-state index contributed by atoms with van der Waals surface area (Å²) in [5, 5.41) is 2.79. The van der Waals surface area contributed by atoms with Gasteiger partial charge in [0, 0.05) is 18.2 Å². The van der Waals surface area contributed by atoms with Gasteiger partial charge < -0.3 is 14.2 Å². The first-order valence-corrected chi connectivity index (χ1v) is 10.6. The lowest BCUT2D eigenvalue weighted by Gasteiger charge is -2.34. The Balaban J connectivity index is 1.43. The number of carbonyl (C=O) groups is 1. The van der Waals surface area contributed by atoms with E-state index in [0.29, 0.717) is 42.8 Å². The van der Waals surface area contributed by atoms with Gasteiger partial charge in [-0.15, -0.1) is 0 Å². The molecule has 1 fully saturated rings. The number of carbonyl (C=O) groups excluding carboxylic acids is 1. The van der Waals surface area contributed by atoms with Crippen LogP contribution in [-0.2, 0) is 19.6 Å². The molecule has 0 spiro atoms. The van der Waals surface area contributed by atoms with Crippen molar-refractivity contribution in [1.29, 1.82) is 0 Å². The second kappa shape index (κ2) is 9.76. The molecule has 1 amide bonds. The molecule has 1 N–H and O–H groups in total. The van der Waals surface area contributed by atoms with Crippen molar-refractivity contribution in [3.8, 4) is 0 Å². The number of furan rings is 2. The Morgan fingerprint density at radius 2 is 1.83 bits per heavy atom. The predicted molar refractivity (Wildman–Crippen MR) is 111 cm³/mol. The Bertz CT molecular complexity index is 945. The molecule has 0 atom stereocenters. The molecular weight excluding hydrogens is 383 g/mol. The van der Waals surface area contributed by atoms with Gasteiger partial charge in [-0.3, -0.25) is 9.69 Å². The highest BCUT2D eigenvalue weighted by Crippen LogP contribution is 2.26. The van der Waals surface area contributed by atoms with Crippen LogP contribution in [0.1, 0.15) is 59.7 Å². The molecule has 1 aliphatic rings. The standard InChI is InChI=1S/C24H27FN2O3/c25-22-11-5-4-7-18(22)16-27(19-8-2-1-3-9-19)17-21-12-13-23(30-21)24(28)26-15-20-10-6-14-29-20/h4-7,10-14,19H,1-3,8-9,15-17H2,(H,26,28). The Morgan fingerprint density at radius 1 is 1.00 bits per heavy atom. The fraction of sp³-hybridized carbons (Fsp3) is 0.375. The van der Waals surface area contributed by atoms with Crippen LogP contribution in [0, 0.1) is 5.82 Å². The number of amides is 1. The zero-order valence-electron chi connectivity index (χ0n) is 17.0. The van der Waals surface area contributed by atoms with Gasteiger partial charge in [-0.05, 0) is 43.2 Å². The molecular formula is C24H27FN2O3. The van der Waals surface area contributed by atoms with Crippen molar-refractivity contribution in [2.45, 2.75) is 57.8 Å². The van der Waals surface area contributed by atoms with E-state index in [2.05, 4.69) is 10.2 Å². The smallest absolute Gasteiger partial charge is 0.287 e. The fourth-order valence-electron chi connectivity index (χ4n) is 4.06. The fourth-order valence-corrected chi connectivity index (χ4v) is 4.06. The van der Waals surface area contributed by atoms with Crippen LogP contribution in [0.3, 0.4) is 0 Å². The van der Waals surface area contributed by atoms with E-state index in [9.17, 15) is 9.18 Å². The van der Waals surface area contributed by atoms with Gasteiger partial charge in [-0.25, -0.2) is 4.39 Å². The van der Waals surface area contributed by atoms with Gasteiger partial charge in [0.05, 0.1) is 19.4 Å². The summed E-state index contributed by atoms with van der Waals surface area (Å²) < 4.78 is 25.3. The van der Waals surface area contributed by atoms with Crippen molar-refractivity contribution in [2.75, 3.05) is 0 Å². The zero-order chi connectivity index (χ0) is 20.8. The summed E-state index contributed by atoms with van der Waals surface area (Å²) in [4.78, 5) is 14.6. The third-order valence-electron chi connectivity index (χ3n) is 5.67. The summed E-state index contributed by atoms with van der Waals surface area (Å²) in [5.41, 5.74) is 0.686. The minimum atomic E-state index is -0.282. The molecule has 30 heavy (non-hydrogen) atoms. The highest BCUT2D eigenvalue weighted by atomic mass is 19.1. The molecule has 0 bridgehead atoms. The van der Waals surface area contributed by atoms with E-state index in [-0.39, 0.29) is 17.5 Å². The summed E-state index contributed by atoms with van der Waals surface area (Å²) in [6.07, 6.45) is 7.41. The van der Waals surface area contributed by atoms with Crippen LogP contribution in [0.15, 0.2) is 63.6 Å². The van der Waals surface area contributed by atoms with Gasteiger partial charge in [0.1, 0.15) is 17.3 Å². The Hall–Kier alpha value is -2.86. The lowest BCUT2D eigenvalue weighted by molar-refractivity contribution is 0.0910. The molecule has 6 heteroatoms. The van der Waals surface area contributed by atoms with Crippen LogP contribution in [0.4, 0.5) is 4.39 Å². The third kappa shape index (κ3) is 5.19. The number of halogens is 1. The minimum Gasteiger partial charge on any atom is -0.467 e. The molecule has 4 rings (SSSR count). The van der Waals surface area contributed by atoms with Crippen molar-refractivity contribution < 1.29 is 18.0 Å². The van der Waals surface area contributed by atoms with E-state index in [1.807, 2.05) is 18.2 Å². The molecule has 0 aliphatic heterocycles. The first-order valence-electron chi connectivity index (χ1n) is 10.6. The summed E-state index contributed by atoms with van der Waals surface area (Å²) in [6.45, 7) is 1.38. The Kier molecular flexibility index (Phi) is 6.64. The van der Waals surface area contributed by atoms with Crippen LogP contribution in [0.25, 0.3) is 0 Å². The number of hydrogen-bond acceptors (Lipinski definition) is 4. The van der Waals surface area contributed by atoms with Crippen LogP contribution in [0.5, 0.6) is 0 Å². The van der Waals surface area contributed by atoms with Crippen LogP contribution in [0.2, 0.25) is 0 Å². The van der Waals surface area contributed by atoms with E-state index in [1.54, 1.807) is 30.5 Å². The maximum atomic E-state index is 14.3. The van der Waals surface area contributed by atoms with Crippen LogP contribution >= 0.6 is 0 Å². The van der Waals surface area contributed by atoms with Gasteiger partial charge in [-0.2, -0.15) is 0 Å². The number of benzene rings is 1. The second-order valence-electron chi connectivity index (χ2n) is 7.82. The maximum Gasteiger partial charge on any atom is 0.287 e. The highest BCUT2D eigenvalue weighted by molar-refractivity contribution is 5.91. The average molecular weight is 410 g/mol. The van der Waals surface area contributed by atoms with Crippen molar-refractivity contribution in [1.82, 2.24) is 10.2 Å². The summed E-state index contributed by atoms with van der Waals surface area (Å²) in [6, 6.07) is 14.4. The normalized spacial score (nSPS) is 14.9. The van der Waals surface area contributed by atoms with E-state index in [0.717, 1.165) is 12.8 Å². The van der Waals surface area contributed by atoms with Crippen molar-refractivity contribution >= 4 is 5.91 Å². The summed E-state index contributed by atoms with van der Waals surface area (Å²) in [5.74, 6) is 1.20. The zero-order valence-corrected chi connectivity index (χ0v) is 17.0. The molecule has 0 radical (unpaired) electrons.